The molecule has 0 aromatic carbocycles. The molecule has 0 amide bonds. The van der Waals surface area contributed by atoms with E-state index in [0.717, 1.165) is 24.8 Å². The summed E-state index contributed by atoms with van der Waals surface area (Å²) >= 11 is 0. The Balaban J connectivity index is 1.86. The first-order valence-electron chi connectivity index (χ1n) is 11.1. The fourth-order valence-electron chi connectivity index (χ4n) is 3.87. The molecule has 1 fully saturated rings. The fourth-order valence-corrected chi connectivity index (χ4v) is 4.75. The zero-order valence-corrected chi connectivity index (χ0v) is 21.0. The van der Waals surface area contributed by atoms with Crippen LogP contribution in [0.4, 0.5) is 11.5 Å². The van der Waals surface area contributed by atoms with Crippen LogP contribution in [-0.4, -0.2) is 60.8 Å². The van der Waals surface area contributed by atoms with Crippen LogP contribution in [0.25, 0.3) is 0 Å². The van der Waals surface area contributed by atoms with Crippen LogP contribution >= 0.6 is 0 Å². The van der Waals surface area contributed by atoms with E-state index in [1.165, 1.54) is 10.6 Å². The van der Waals surface area contributed by atoms with E-state index in [0.29, 0.717) is 47.8 Å². The summed E-state index contributed by atoms with van der Waals surface area (Å²) in [6.45, 7) is 6.29. The Bertz CT molecular complexity index is 1220. The van der Waals surface area contributed by atoms with Gasteiger partial charge in [0.2, 0.25) is 15.9 Å². The van der Waals surface area contributed by atoms with E-state index in [1.54, 1.807) is 32.5 Å². The third-order valence-corrected chi connectivity index (χ3v) is 6.89. The maximum absolute atomic E-state index is 11.8. The molecular formula is C23H32N8O3S. The smallest absolute Gasteiger partial charge is 0.213 e. The number of anilines is 2. The van der Waals surface area contributed by atoms with E-state index >= 15 is 0 Å². The Hall–Kier alpha value is -3.51. The molecule has 0 aliphatic carbocycles. The molecule has 2 aromatic heterocycles. The molecular weight excluding hydrogens is 468 g/mol. The van der Waals surface area contributed by atoms with E-state index in [1.807, 2.05) is 12.1 Å². The lowest BCUT2D eigenvalue weighted by molar-refractivity contribution is 0.274. The van der Waals surface area contributed by atoms with Crippen molar-refractivity contribution in [3.63, 3.8) is 0 Å². The average molecular weight is 501 g/mol. The summed E-state index contributed by atoms with van der Waals surface area (Å²) in [5, 5.41) is 3.23. The first-order valence-corrected chi connectivity index (χ1v) is 12.9. The van der Waals surface area contributed by atoms with E-state index in [-0.39, 0.29) is 11.7 Å². The van der Waals surface area contributed by atoms with Crippen molar-refractivity contribution in [2.45, 2.75) is 26.2 Å². The van der Waals surface area contributed by atoms with Gasteiger partial charge in [-0.3, -0.25) is 0 Å². The molecule has 0 radical (unpaired) electrons. The molecule has 1 saturated heterocycles. The Morgan fingerprint density at radius 1 is 1.23 bits per heavy atom. The van der Waals surface area contributed by atoms with Gasteiger partial charge in [0.1, 0.15) is 23.3 Å². The molecule has 3 rings (SSSR count). The van der Waals surface area contributed by atoms with Crippen molar-refractivity contribution in [3.05, 3.63) is 54.1 Å². The summed E-state index contributed by atoms with van der Waals surface area (Å²) in [5.41, 5.74) is 14.2. The fraction of sp³-hybridized carbons (Fsp3) is 0.391. The predicted octanol–water partition coefficient (Wildman–Crippen LogP) is 2.00. The van der Waals surface area contributed by atoms with E-state index in [9.17, 15) is 8.42 Å². The number of nitrogens with two attached hydrogens (primary N) is 2. The number of nitrogens with zero attached hydrogens (tertiary/aromatic N) is 5. The Labute approximate surface area is 206 Å². The maximum atomic E-state index is 11.8. The summed E-state index contributed by atoms with van der Waals surface area (Å²) < 4.78 is 30.2. The molecule has 1 aliphatic rings. The zero-order chi connectivity index (χ0) is 25.6. The minimum absolute atomic E-state index is 0.133. The van der Waals surface area contributed by atoms with Crippen LogP contribution in [0, 0.1) is 5.92 Å². The summed E-state index contributed by atoms with van der Waals surface area (Å²) in [4.78, 5) is 17.2. The van der Waals surface area contributed by atoms with E-state index < -0.39 is 10.0 Å². The van der Waals surface area contributed by atoms with Crippen molar-refractivity contribution < 1.29 is 13.2 Å². The number of pyridine rings is 2. The first kappa shape index (κ1) is 26.1. The molecule has 188 valence electrons. The largest absolute Gasteiger partial charge is 0.481 e. The van der Waals surface area contributed by atoms with E-state index in [2.05, 4.69) is 31.8 Å². The summed E-state index contributed by atoms with van der Waals surface area (Å²) in [6, 6.07) is 5.50. The number of nitrogens with one attached hydrogen (secondary N) is 1. The molecule has 0 atom stereocenters. The number of ether oxygens (including phenoxy) is 1. The molecule has 0 saturated carbocycles. The van der Waals surface area contributed by atoms with Crippen molar-refractivity contribution in [3.8, 4) is 5.88 Å². The number of sulfonamides is 1. The van der Waals surface area contributed by atoms with Crippen LogP contribution in [0.15, 0.2) is 53.0 Å². The monoisotopic (exact) mass is 500 g/mol. The van der Waals surface area contributed by atoms with Gasteiger partial charge in [0.05, 0.1) is 30.8 Å². The number of piperidine rings is 1. The Morgan fingerprint density at radius 3 is 2.51 bits per heavy atom. The second-order valence-electron chi connectivity index (χ2n) is 8.41. The molecule has 12 heteroatoms. The second kappa shape index (κ2) is 11.3. The average Bonchev–Trinajstić information content (AvgIpc) is 2.79. The van der Waals surface area contributed by atoms with Gasteiger partial charge in [0, 0.05) is 25.4 Å². The van der Waals surface area contributed by atoms with Gasteiger partial charge in [-0.2, -0.15) is 0 Å². The third kappa shape index (κ3) is 7.49. The third-order valence-electron chi connectivity index (χ3n) is 5.58. The first-order chi connectivity index (χ1) is 16.5. The molecule has 0 bridgehead atoms. The lowest BCUT2D eigenvalue weighted by atomic mass is 9.91. The summed E-state index contributed by atoms with van der Waals surface area (Å²) in [6.07, 6.45) is 7.00. The number of hydrogen-bond acceptors (Lipinski definition) is 8. The van der Waals surface area contributed by atoms with Gasteiger partial charge >= 0.3 is 0 Å². The van der Waals surface area contributed by atoms with Crippen LogP contribution < -0.4 is 21.5 Å². The van der Waals surface area contributed by atoms with Gasteiger partial charge < -0.3 is 21.5 Å². The molecule has 5 N–H and O–H groups in total. The van der Waals surface area contributed by atoms with Crippen molar-refractivity contribution in [2.24, 2.45) is 27.4 Å². The van der Waals surface area contributed by atoms with Crippen LogP contribution in [0.3, 0.4) is 0 Å². The van der Waals surface area contributed by atoms with Crippen molar-refractivity contribution in [2.75, 3.05) is 31.8 Å². The van der Waals surface area contributed by atoms with Crippen LogP contribution in [0.5, 0.6) is 5.88 Å². The van der Waals surface area contributed by atoms with Gasteiger partial charge in [0.15, 0.2) is 0 Å². The molecule has 0 unspecified atom stereocenters. The van der Waals surface area contributed by atoms with Gasteiger partial charge in [-0.1, -0.05) is 6.58 Å². The summed E-state index contributed by atoms with van der Waals surface area (Å²) in [5.74, 6) is 2.07. The molecule has 11 nitrogen and oxygen atoms in total. The standard InChI is InChI=1S/C23H32N8O3S/c1-15(24)28-16(2)29-22(25)20-12-18(11-17-7-9-31(10-8-17)35(4,32)33)13-27-23(20)30-19-5-6-21(34-3)26-14-19/h5-6,12-14,17H,1,7-11,24H2,2-4H3,(H,27,30)(H2,25,28,29). The maximum Gasteiger partial charge on any atom is 0.213 e. The highest BCUT2D eigenvalue weighted by Gasteiger charge is 2.25. The van der Waals surface area contributed by atoms with Gasteiger partial charge in [-0.25, -0.2) is 32.7 Å². The van der Waals surface area contributed by atoms with Crippen molar-refractivity contribution >= 4 is 33.2 Å². The SMILES string of the molecule is C=C(N)N=C(C)N=C(N)c1cc(CC2CCN(S(C)(=O)=O)CC2)cnc1Nc1ccc(OC)nc1. The minimum atomic E-state index is -3.16. The number of methoxy groups -OCH3 is 1. The normalized spacial score (nSPS) is 16.2. The van der Waals surface area contributed by atoms with Gasteiger partial charge in [-0.05, 0) is 49.8 Å². The second-order valence-corrected chi connectivity index (χ2v) is 10.4. The van der Waals surface area contributed by atoms with E-state index in [4.69, 9.17) is 16.2 Å². The van der Waals surface area contributed by atoms with Crippen LogP contribution in [0.2, 0.25) is 0 Å². The molecule has 0 spiro atoms. The highest BCUT2D eigenvalue weighted by atomic mass is 32.2. The predicted molar refractivity (Wildman–Crippen MR) is 138 cm³/mol. The Kier molecular flexibility index (Phi) is 8.41. The lowest BCUT2D eigenvalue weighted by Crippen LogP contribution is -2.38. The number of amidine groups is 2. The number of aliphatic imine (C=N–C) groups is 2. The number of rotatable bonds is 8. The number of hydrogen-bond donors (Lipinski definition) is 3. The summed E-state index contributed by atoms with van der Waals surface area (Å²) in [7, 11) is -1.61. The van der Waals surface area contributed by atoms with Crippen molar-refractivity contribution in [1.29, 1.82) is 0 Å². The minimum Gasteiger partial charge on any atom is -0.481 e. The quantitative estimate of drug-likeness (QED) is 0.366. The molecule has 2 aromatic rings. The van der Waals surface area contributed by atoms with Gasteiger partial charge in [-0.15, -0.1) is 0 Å². The van der Waals surface area contributed by atoms with Crippen molar-refractivity contribution in [1.82, 2.24) is 14.3 Å². The highest BCUT2D eigenvalue weighted by Crippen LogP contribution is 2.26. The lowest BCUT2D eigenvalue weighted by Gasteiger charge is -2.30. The molecule has 3 heterocycles. The van der Waals surface area contributed by atoms with Crippen LogP contribution in [-0.2, 0) is 16.4 Å². The molecule has 35 heavy (non-hydrogen) atoms. The highest BCUT2D eigenvalue weighted by molar-refractivity contribution is 7.88. The number of aromatic nitrogens is 2. The topological polar surface area (TPSA) is 161 Å². The Morgan fingerprint density at radius 2 is 1.94 bits per heavy atom. The molecule has 1 aliphatic heterocycles. The van der Waals surface area contributed by atoms with Gasteiger partial charge in [0.25, 0.3) is 0 Å². The van der Waals surface area contributed by atoms with Crippen LogP contribution in [0.1, 0.15) is 30.9 Å². The zero-order valence-electron chi connectivity index (χ0n) is 20.2.